The fraction of sp³-hybridized carbons (Fsp3) is 0.667. The lowest BCUT2D eigenvalue weighted by Crippen LogP contribution is -2.37. The van der Waals surface area contributed by atoms with E-state index in [-0.39, 0.29) is 5.91 Å². The van der Waals surface area contributed by atoms with Crippen LogP contribution >= 0.6 is 0 Å². The smallest absolute Gasteiger partial charge is 0.239 e. The Bertz CT molecular complexity index is 385. The second kappa shape index (κ2) is 6.51. The summed E-state index contributed by atoms with van der Waals surface area (Å²) in [6.07, 6.45) is 4.46. The molecule has 1 aliphatic heterocycles. The number of aromatic nitrogens is 2. The average molecular weight is 252 g/mol. The molecule has 1 N–H and O–H groups in total. The molecule has 1 aromatic heterocycles. The maximum atomic E-state index is 11.4. The second-order valence-electron chi connectivity index (χ2n) is 4.35. The molecule has 100 valence electrons. The van der Waals surface area contributed by atoms with Crippen LogP contribution in [-0.4, -0.2) is 60.3 Å². The Morgan fingerprint density at radius 2 is 2.28 bits per heavy atom. The van der Waals surface area contributed by atoms with Crippen molar-refractivity contribution < 1.29 is 9.53 Å². The summed E-state index contributed by atoms with van der Waals surface area (Å²) in [4.78, 5) is 18.0. The SMILES string of the molecule is CNC(=O)Cn1ccnc1CCN1CCOCC1. The summed E-state index contributed by atoms with van der Waals surface area (Å²) in [5.74, 6) is 0.964. The van der Waals surface area contributed by atoms with Gasteiger partial charge in [-0.15, -0.1) is 0 Å². The lowest BCUT2D eigenvalue weighted by molar-refractivity contribution is -0.121. The number of rotatable bonds is 5. The molecule has 6 nitrogen and oxygen atoms in total. The van der Waals surface area contributed by atoms with Gasteiger partial charge in [-0.25, -0.2) is 4.98 Å². The van der Waals surface area contributed by atoms with Crippen LogP contribution in [0, 0.1) is 0 Å². The number of imidazole rings is 1. The molecular weight excluding hydrogens is 232 g/mol. The Labute approximate surface area is 107 Å². The van der Waals surface area contributed by atoms with Crippen molar-refractivity contribution in [2.45, 2.75) is 13.0 Å². The molecule has 0 saturated carbocycles. The normalized spacial score (nSPS) is 16.7. The number of hydrogen-bond acceptors (Lipinski definition) is 4. The molecule has 0 bridgehead atoms. The van der Waals surface area contributed by atoms with Gasteiger partial charge in [-0.1, -0.05) is 0 Å². The molecular formula is C12H20N4O2. The zero-order valence-corrected chi connectivity index (χ0v) is 10.8. The second-order valence-corrected chi connectivity index (χ2v) is 4.35. The molecule has 1 amide bonds. The number of likely N-dealkylation sites (N-methyl/N-ethyl adjacent to an activating group) is 1. The third-order valence-corrected chi connectivity index (χ3v) is 3.15. The topological polar surface area (TPSA) is 59.4 Å². The van der Waals surface area contributed by atoms with E-state index in [0.29, 0.717) is 6.54 Å². The summed E-state index contributed by atoms with van der Waals surface area (Å²) >= 11 is 0. The van der Waals surface area contributed by atoms with Gasteiger partial charge in [0.15, 0.2) is 0 Å². The fourth-order valence-electron chi connectivity index (χ4n) is 2.03. The van der Waals surface area contributed by atoms with Crippen molar-refractivity contribution in [2.24, 2.45) is 0 Å². The summed E-state index contributed by atoms with van der Waals surface area (Å²) in [6, 6.07) is 0. The maximum absolute atomic E-state index is 11.4. The van der Waals surface area contributed by atoms with Crippen LogP contribution in [0.1, 0.15) is 5.82 Å². The maximum Gasteiger partial charge on any atom is 0.239 e. The van der Waals surface area contributed by atoms with Crippen LogP contribution in [0.4, 0.5) is 0 Å². The van der Waals surface area contributed by atoms with E-state index in [2.05, 4.69) is 15.2 Å². The molecule has 0 unspecified atom stereocenters. The summed E-state index contributed by atoms with van der Waals surface area (Å²) in [5.41, 5.74) is 0. The number of hydrogen-bond donors (Lipinski definition) is 1. The Hall–Kier alpha value is -1.40. The molecule has 2 heterocycles. The lowest BCUT2D eigenvalue weighted by Gasteiger charge is -2.26. The Morgan fingerprint density at radius 3 is 3.00 bits per heavy atom. The van der Waals surface area contributed by atoms with E-state index in [1.165, 1.54) is 0 Å². The summed E-state index contributed by atoms with van der Waals surface area (Å²) in [7, 11) is 1.65. The highest BCUT2D eigenvalue weighted by Gasteiger charge is 2.12. The molecule has 6 heteroatoms. The van der Waals surface area contributed by atoms with Crippen molar-refractivity contribution in [3.63, 3.8) is 0 Å². The van der Waals surface area contributed by atoms with E-state index in [1.807, 2.05) is 10.8 Å². The molecule has 18 heavy (non-hydrogen) atoms. The predicted octanol–water partition coefficient (Wildman–Crippen LogP) is -0.496. The highest BCUT2D eigenvalue weighted by Crippen LogP contribution is 2.03. The van der Waals surface area contributed by atoms with E-state index in [0.717, 1.165) is 45.1 Å². The minimum Gasteiger partial charge on any atom is -0.379 e. The lowest BCUT2D eigenvalue weighted by atomic mass is 10.3. The van der Waals surface area contributed by atoms with Crippen LogP contribution in [0.3, 0.4) is 0 Å². The zero-order valence-electron chi connectivity index (χ0n) is 10.8. The molecule has 1 aliphatic rings. The highest BCUT2D eigenvalue weighted by molar-refractivity contribution is 5.75. The van der Waals surface area contributed by atoms with Gasteiger partial charge in [-0.2, -0.15) is 0 Å². The third-order valence-electron chi connectivity index (χ3n) is 3.15. The van der Waals surface area contributed by atoms with Crippen LogP contribution in [0.15, 0.2) is 12.4 Å². The van der Waals surface area contributed by atoms with Crippen molar-refractivity contribution in [1.29, 1.82) is 0 Å². The van der Waals surface area contributed by atoms with Gasteiger partial charge in [0, 0.05) is 45.5 Å². The number of morpholine rings is 1. The molecule has 2 rings (SSSR count). The largest absolute Gasteiger partial charge is 0.379 e. The van der Waals surface area contributed by atoms with Crippen molar-refractivity contribution in [2.75, 3.05) is 39.9 Å². The number of amides is 1. The summed E-state index contributed by atoms with van der Waals surface area (Å²) < 4.78 is 7.21. The van der Waals surface area contributed by atoms with Gasteiger partial charge in [-0.05, 0) is 0 Å². The van der Waals surface area contributed by atoms with Gasteiger partial charge in [-0.3, -0.25) is 9.69 Å². The standard InChI is InChI=1S/C12H20N4O2/c1-13-12(17)10-16-5-3-14-11(16)2-4-15-6-8-18-9-7-15/h3,5H,2,4,6-10H2,1H3,(H,13,17). The minimum atomic E-state index is 0.000576. The van der Waals surface area contributed by atoms with Crippen molar-refractivity contribution >= 4 is 5.91 Å². The Kier molecular flexibility index (Phi) is 4.72. The number of nitrogens with zero attached hydrogens (tertiary/aromatic N) is 3. The first-order valence-corrected chi connectivity index (χ1v) is 6.30. The molecule has 0 atom stereocenters. The molecule has 0 radical (unpaired) electrons. The van der Waals surface area contributed by atoms with Gasteiger partial charge >= 0.3 is 0 Å². The number of ether oxygens (including phenoxy) is 1. The van der Waals surface area contributed by atoms with Crippen molar-refractivity contribution in [3.05, 3.63) is 18.2 Å². The first-order chi connectivity index (χ1) is 8.79. The third kappa shape index (κ3) is 3.54. The van der Waals surface area contributed by atoms with Crippen molar-refractivity contribution in [3.8, 4) is 0 Å². The molecule has 1 aromatic rings. The van der Waals surface area contributed by atoms with Gasteiger partial charge in [0.1, 0.15) is 12.4 Å². The Morgan fingerprint density at radius 1 is 1.50 bits per heavy atom. The van der Waals surface area contributed by atoms with Crippen LogP contribution in [0.25, 0.3) is 0 Å². The Balaban J connectivity index is 1.85. The average Bonchev–Trinajstić information content (AvgIpc) is 2.84. The zero-order chi connectivity index (χ0) is 12.8. The van der Waals surface area contributed by atoms with Crippen LogP contribution in [-0.2, 0) is 22.5 Å². The van der Waals surface area contributed by atoms with E-state index in [9.17, 15) is 4.79 Å². The van der Waals surface area contributed by atoms with Crippen LogP contribution < -0.4 is 5.32 Å². The first-order valence-electron chi connectivity index (χ1n) is 6.30. The van der Waals surface area contributed by atoms with E-state index in [4.69, 9.17) is 4.74 Å². The molecule has 0 aliphatic carbocycles. The minimum absolute atomic E-state index is 0.000576. The van der Waals surface area contributed by atoms with E-state index >= 15 is 0 Å². The van der Waals surface area contributed by atoms with Gasteiger partial charge in [0.05, 0.1) is 13.2 Å². The molecule has 1 saturated heterocycles. The summed E-state index contributed by atoms with van der Waals surface area (Å²) in [5, 5.41) is 2.62. The van der Waals surface area contributed by atoms with Gasteiger partial charge in [0.25, 0.3) is 0 Å². The summed E-state index contributed by atoms with van der Waals surface area (Å²) in [6.45, 7) is 4.90. The highest BCUT2D eigenvalue weighted by atomic mass is 16.5. The fourth-order valence-corrected chi connectivity index (χ4v) is 2.03. The van der Waals surface area contributed by atoms with Crippen molar-refractivity contribution in [1.82, 2.24) is 19.8 Å². The molecule has 1 fully saturated rings. The van der Waals surface area contributed by atoms with Crippen LogP contribution in [0.2, 0.25) is 0 Å². The number of carbonyl (C=O) groups is 1. The number of carbonyl (C=O) groups excluding carboxylic acids is 1. The molecule has 0 aromatic carbocycles. The van der Waals surface area contributed by atoms with Crippen LogP contribution in [0.5, 0.6) is 0 Å². The van der Waals surface area contributed by atoms with E-state index in [1.54, 1.807) is 13.2 Å². The quantitative estimate of drug-likeness (QED) is 0.768. The monoisotopic (exact) mass is 252 g/mol. The first kappa shape index (κ1) is 13.0. The molecule has 0 spiro atoms. The predicted molar refractivity (Wildman–Crippen MR) is 67.3 cm³/mol. The number of nitrogens with one attached hydrogen (secondary N) is 1. The van der Waals surface area contributed by atoms with E-state index < -0.39 is 0 Å². The van der Waals surface area contributed by atoms with Gasteiger partial charge < -0.3 is 14.6 Å². The van der Waals surface area contributed by atoms with Gasteiger partial charge in [0.2, 0.25) is 5.91 Å².